The maximum atomic E-state index is 10.6. The molecule has 1 aliphatic carbocycles. The SMILES string of the molecule is O=CC1=CC2NC=C([N+](=O)[O-])C2C=C1. The molecular formula is C9H8N2O3. The van der Waals surface area contributed by atoms with Gasteiger partial charge in [-0.05, 0) is 0 Å². The van der Waals surface area contributed by atoms with Crippen molar-refractivity contribution < 1.29 is 9.72 Å². The lowest BCUT2D eigenvalue weighted by Crippen LogP contribution is -2.27. The second-order valence-corrected chi connectivity index (χ2v) is 3.19. The van der Waals surface area contributed by atoms with Gasteiger partial charge in [-0.2, -0.15) is 0 Å². The van der Waals surface area contributed by atoms with E-state index in [0.717, 1.165) is 6.29 Å². The monoisotopic (exact) mass is 192 g/mol. The highest BCUT2D eigenvalue weighted by Gasteiger charge is 2.35. The van der Waals surface area contributed by atoms with Crippen LogP contribution in [-0.2, 0) is 4.79 Å². The van der Waals surface area contributed by atoms with E-state index in [2.05, 4.69) is 5.32 Å². The van der Waals surface area contributed by atoms with Gasteiger partial charge >= 0.3 is 0 Å². The minimum absolute atomic E-state index is 0.146. The molecule has 2 aliphatic rings. The zero-order valence-corrected chi connectivity index (χ0v) is 7.21. The van der Waals surface area contributed by atoms with Crippen LogP contribution in [0.3, 0.4) is 0 Å². The van der Waals surface area contributed by atoms with Crippen LogP contribution < -0.4 is 5.32 Å². The Bertz CT molecular complexity index is 382. The summed E-state index contributed by atoms with van der Waals surface area (Å²) in [6.07, 6.45) is 7.12. The first-order valence-electron chi connectivity index (χ1n) is 4.18. The van der Waals surface area contributed by atoms with Crippen molar-refractivity contribution in [2.45, 2.75) is 6.04 Å². The zero-order chi connectivity index (χ0) is 10.1. The molecule has 0 aromatic heterocycles. The summed E-state index contributed by atoms with van der Waals surface area (Å²) < 4.78 is 0. The molecule has 0 saturated heterocycles. The zero-order valence-electron chi connectivity index (χ0n) is 7.21. The Balaban J connectivity index is 2.24. The second-order valence-electron chi connectivity index (χ2n) is 3.19. The van der Waals surface area contributed by atoms with Crippen molar-refractivity contribution in [2.75, 3.05) is 0 Å². The average molecular weight is 192 g/mol. The largest absolute Gasteiger partial charge is 0.378 e. The fraction of sp³-hybridized carbons (Fsp3) is 0.222. The number of hydrogen-bond donors (Lipinski definition) is 1. The maximum Gasteiger partial charge on any atom is 0.270 e. The van der Waals surface area contributed by atoms with Crippen LogP contribution >= 0.6 is 0 Å². The normalized spacial score (nSPS) is 28.6. The average Bonchev–Trinajstić information content (AvgIpc) is 2.59. The highest BCUT2D eigenvalue weighted by molar-refractivity contribution is 5.78. The number of carbonyl (C=O) groups is 1. The van der Waals surface area contributed by atoms with Gasteiger partial charge in [0.15, 0.2) is 0 Å². The van der Waals surface area contributed by atoms with Gasteiger partial charge < -0.3 is 5.32 Å². The van der Waals surface area contributed by atoms with Crippen LogP contribution in [0.15, 0.2) is 35.7 Å². The molecule has 0 spiro atoms. The number of allylic oxidation sites excluding steroid dienone is 2. The minimum Gasteiger partial charge on any atom is -0.378 e. The van der Waals surface area contributed by atoms with E-state index in [-0.39, 0.29) is 17.7 Å². The fourth-order valence-corrected chi connectivity index (χ4v) is 1.67. The lowest BCUT2D eigenvalue weighted by molar-refractivity contribution is -0.431. The van der Waals surface area contributed by atoms with Crippen molar-refractivity contribution in [3.63, 3.8) is 0 Å². The molecular weight excluding hydrogens is 184 g/mol. The summed E-state index contributed by atoms with van der Waals surface area (Å²) in [5, 5.41) is 13.4. The standard InChI is InChI=1S/C9H8N2O3/c12-5-6-1-2-7-8(3-6)10-4-9(7)11(13)14/h1-5,7-8,10H. The van der Waals surface area contributed by atoms with Crippen LogP contribution in [-0.4, -0.2) is 17.3 Å². The summed E-state index contributed by atoms with van der Waals surface area (Å²) in [5.41, 5.74) is 0.698. The Kier molecular flexibility index (Phi) is 1.92. The molecule has 0 aromatic carbocycles. The van der Waals surface area contributed by atoms with E-state index in [1.54, 1.807) is 18.2 Å². The maximum absolute atomic E-state index is 10.6. The van der Waals surface area contributed by atoms with Crippen molar-refractivity contribution in [3.05, 3.63) is 45.8 Å². The first-order chi connectivity index (χ1) is 6.72. The molecule has 5 heteroatoms. The van der Waals surface area contributed by atoms with Crippen LogP contribution in [0, 0.1) is 16.0 Å². The van der Waals surface area contributed by atoms with Crippen LogP contribution in [0.25, 0.3) is 0 Å². The molecule has 2 rings (SSSR count). The van der Waals surface area contributed by atoms with E-state index in [1.807, 2.05) is 0 Å². The summed E-state index contributed by atoms with van der Waals surface area (Å²) in [5.74, 6) is -0.256. The van der Waals surface area contributed by atoms with Gasteiger partial charge in [0.05, 0.1) is 23.1 Å². The lowest BCUT2D eigenvalue weighted by atomic mass is 9.92. The fourth-order valence-electron chi connectivity index (χ4n) is 1.67. The van der Waals surface area contributed by atoms with Crippen LogP contribution in [0.1, 0.15) is 0 Å². The van der Waals surface area contributed by atoms with E-state index < -0.39 is 4.92 Å². The topological polar surface area (TPSA) is 72.2 Å². The molecule has 2 unspecified atom stereocenters. The van der Waals surface area contributed by atoms with Crippen molar-refractivity contribution in [1.29, 1.82) is 0 Å². The molecule has 0 aromatic rings. The summed E-state index contributed by atoms with van der Waals surface area (Å²) in [4.78, 5) is 20.6. The Morgan fingerprint density at radius 3 is 3.00 bits per heavy atom. The van der Waals surface area contributed by atoms with Gasteiger partial charge in [0.1, 0.15) is 6.29 Å². The highest BCUT2D eigenvalue weighted by atomic mass is 16.6. The third kappa shape index (κ3) is 1.22. The summed E-state index contributed by atoms with van der Waals surface area (Å²) in [6, 6.07) is -0.152. The minimum atomic E-state index is -0.401. The smallest absolute Gasteiger partial charge is 0.270 e. The van der Waals surface area contributed by atoms with Crippen molar-refractivity contribution in [3.8, 4) is 0 Å². The molecule has 0 amide bonds. The van der Waals surface area contributed by atoms with E-state index in [4.69, 9.17) is 0 Å². The number of nitrogens with one attached hydrogen (secondary N) is 1. The van der Waals surface area contributed by atoms with Crippen molar-refractivity contribution in [2.24, 2.45) is 5.92 Å². The van der Waals surface area contributed by atoms with Gasteiger partial charge in [-0.25, -0.2) is 0 Å². The number of aldehydes is 1. The Morgan fingerprint density at radius 1 is 1.57 bits per heavy atom. The van der Waals surface area contributed by atoms with Gasteiger partial charge in [0, 0.05) is 5.57 Å². The van der Waals surface area contributed by atoms with Crippen LogP contribution in [0.2, 0.25) is 0 Å². The molecule has 1 aliphatic heterocycles. The Hall–Kier alpha value is -1.91. The van der Waals surface area contributed by atoms with Crippen LogP contribution in [0.4, 0.5) is 0 Å². The number of fused-ring (bicyclic) bond motifs is 1. The van der Waals surface area contributed by atoms with Crippen molar-refractivity contribution >= 4 is 6.29 Å². The molecule has 14 heavy (non-hydrogen) atoms. The Morgan fingerprint density at radius 2 is 2.36 bits per heavy atom. The molecule has 0 fully saturated rings. The van der Waals surface area contributed by atoms with Gasteiger partial charge in [-0.15, -0.1) is 0 Å². The van der Waals surface area contributed by atoms with Gasteiger partial charge in [0.25, 0.3) is 5.70 Å². The number of nitrogens with zero attached hydrogens (tertiary/aromatic N) is 1. The molecule has 2 atom stereocenters. The number of carbonyl (C=O) groups excluding carboxylic acids is 1. The molecule has 0 radical (unpaired) electrons. The predicted octanol–water partition coefficient (Wildman–Crippen LogP) is 0.388. The predicted molar refractivity (Wildman–Crippen MR) is 48.8 cm³/mol. The first kappa shape index (κ1) is 8.68. The van der Waals surface area contributed by atoms with Gasteiger partial charge in [-0.3, -0.25) is 14.9 Å². The molecule has 72 valence electrons. The number of hydrogen-bond acceptors (Lipinski definition) is 4. The highest BCUT2D eigenvalue weighted by Crippen LogP contribution is 2.27. The summed E-state index contributed by atoms with van der Waals surface area (Å²) >= 11 is 0. The Labute approximate surface area is 79.9 Å². The summed E-state index contributed by atoms with van der Waals surface area (Å²) in [6.45, 7) is 0. The number of rotatable bonds is 2. The third-order valence-corrected chi connectivity index (χ3v) is 2.37. The van der Waals surface area contributed by atoms with E-state index in [1.165, 1.54) is 6.20 Å². The van der Waals surface area contributed by atoms with Gasteiger partial charge in [-0.1, -0.05) is 18.2 Å². The quantitative estimate of drug-likeness (QED) is 0.390. The lowest BCUT2D eigenvalue weighted by Gasteiger charge is -2.16. The molecule has 0 bridgehead atoms. The molecule has 0 saturated carbocycles. The van der Waals surface area contributed by atoms with Crippen LogP contribution in [0.5, 0.6) is 0 Å². The second kappa shape index (κ2) is 3.10. The van der Waals surface area contributed by atoms with Crippen molar-refractivity contribution in [1.82, 2.24) is 5.32 Å². The van der Waals surface area contributed by atoms with E-state index >= 15 is 0 Å². The number of nitro groups is 1. The third-order valence-electron chi connectivity index (χ3n) is 2.37. The van der Waals surface area contributed by atoms with E-state index in [9.17, 15) is 14.9 Å². The first-order valence-corrected chi connectivity index (χ1v) is 4.18. The van der Waals surface area contributed by atoms with E-state index in [0.29, 0.717) is 5.57 Å². The molecule has 5 nitrogen and oxygen atoms in total. The molecule has 1 heterocycles. The molecule has 1 N–H and O–H groups in total. The van der Waals surface area contributed by atoms with Gasteiger partial charge in [0.2, 0.25) is 0 Å². The summed E-state index contributed by atoms with van der Waals surface area (Å²) in [7, 11) is 0.